The molecule has 0 bridgehead atoms. The van der Waals surface area contributed by atoms with Gasteiger partial charge in [0, 0.05) is 4.90 Å². The number of thioether (sulfide) groups is 1. The Balaban J connectivity index is 1.86. The topological polar surface area (TPSA) is 98.5 Å². The zero-order valence-electron chi connectivity index (χ0n) is 14.4. The van der Waals surface area contributed by atoms with Gasteiger partial charge in [-0.25, -0.2) is 0 Å². The number of benzene rings is 2. The van der Waals surface area contributed by atoms with Gasteiger partial charge in [-0.3, -0.25) is 14.4 Å². The van der Waals surface area contributed by atoms with Crippen LogP contribution in [0, 0.1) is 6.92 Å². The van der Waals surface area contributed by atoms with Crippen molar-refractivity contribution in [3.8, 4) is 0 Å². The van der Waals surface area contributed by atoms with Gasteiger partial charge in [0.25, 0.3) is 5.91 Å². The molecule has 2 rings (SSSR count). The van der Waals surface area contributed by atoms with Crippen LogP contribution in [0.25, 0.3) is 0 Å². The third-order valence-corrected chi connectivity index (χ3v) is 4.59. The molecule has 0 saturated heterocycles. The Morgan fingerprint density at radius 3 is 2.50 bits per heavy atom. The molecule has 0 atom stereocenters. The number of nitrogens with two attached hydrogens (primary N) is 1. The molecule has 0 aliphatic carbocycles. The van der Waals surface area contributed by atoms with Crippen LogP contribution < -0.4 is 11.1 Å². The van der Waals surface area contributed by atoms with Crippen LogP contribution in [-0.4, -0.2) is 30.1 Å². The maximum absolute atomic E-state index is 12.0. The van der Waals surface area contributed by atoms with Crippen LogP contribution in [0.3, 0.4) is 0 Å². The average Bonchev–Trinajstić information content (AvgIpc) is 2.61. The van der Waals surface area contributed by atoms with Crippen molar-refractivity contribution in [2.45, 2.75) is 18.2 Å². The SMILES string of the molecule is Cc1ccccc1CC(=O)OCC(=O)Nc1ccccc1SCC(N)=O. The highest BCUT2D eigenvalue weighted by molar-refractivity contribution is 8.00. The number of primary amides is 1. The summed E-state index contributed by atoms with van der Waals surface area (Å²) in [7, 11) is 0. The lowest BCUT2D eigenvalue weighted by Gasteiger charge is -2.11. The summed E-state index contributed by atoms with van der Waals surface area (Å²) in [4.78, 5) is 35.6. The number of hydrogen-bond donors (Lipinski definition) is 2. The van der Waals surface area contributed by atoms with E-state index in [1.807, 2.05) is 31.2 Å². The minimum atomic E-state index is -0.467. The molecular weight excluding hydrogens is 352 g/mol. The molecule has 6 nitrogen and oxygen atoms in total. The van der Waals surface area contributed by atoms with E-state index in [9.17, 15) is 14.4 Å². The predicted octanol–water partition coefficient (Wildman–Crippen LogP) is 2.30. The number of hydrogen-bond acceptors (Lipinski definition) is 5. The van der Waals surface area contributed by atoms with E-state index >= 15 is 0 Å². The van der Waals surface area contributed by atoms with Gasteiger partial charge >= 0.3 is 5.97 Å². The first-order valence-electron chi connectivity index (χ1n) is 7.96. The van der Waals surface area contributed by atoms with Crippen molar-refractivity contribution in [1.82, 2.24) is 0 Å². The fraction of sp³-hybridized carbons (Fsp3) is 0.211. The highest BCUT2D eigenvalue weighted by Gasteiger charge is 2.12. The minimum Gasteiger partial charge on any atom is -0.455 e. The minimum absolute atomic E-state index is 0.109. The lowest BCUT2D eigenvalue weighted by atomic mass is 10.1. The lowest BCUT2D eigenvalue weighted by Crippen LogP contribution is -2.22. The number of nitrogens with one attached hydrogen (secondary N) is 1. The monoisotopic (exact) mass is 372 g/mol. The zero-order valence-corrected chi connectivity index (χ0v) is 15.2. The standard InChI is InChI=1S/C19H20N2O4S/c1-13-6-2-3-7-14(13)10-19(24)25-11-18(23)21-15-8-4-5-9-16(15)26-12-17(20)22/h2-9H,10-12H2,1H3,(H2,20,22)(H,21,23). The molecule has 0 unspecified atom stereocenters. The van der Waals surface area contributed by atoms with Crippen molar-refractivity contribution in [3.63, 3.8) is 0 Å². The number of carbonyl (C=O) groups is 3. The Morgan fingerprint density at radius 2 is 1.77 bits per heavy atom. The molecule has 2 aromatic carbocycles. The molecule has 0 aliphatic heterocycles. The summed E-state index contributed by atoms with van der Waals surface area (Å²) in [6.45, 7) is 1.54. The van der Waals surface area contributed by atoms with E-state index < -0.39 is 17.8 Å². The summed E-state index contributed by atoms with van der Waals surface area (Å²) >= 11 is 1.23. The summed E-state index contributed by atoms with van der Waals surface area (Å²) in [5.74, 6) is -1.25. The van der Waals surface area contributed by atoms with E-state index in [0.717, 1.165) is 11.1 Å². The van der Waals surface area contributed by atoms with Gasteiger partial charge in [0.2, 0.25) is 5.91 Å². The van der Waals surface area contributed by atoms with Crippen molar-refractivity contribution >= 4 is 35.2 Å². The Labute approximate surface area is 156 Å². The molecule has 2 aromatic rings. The number of aryl methyl sites for hydroxylation is 1. The van der Waals surface area contributed by atoms with E-state index in [2.05, 4.69) is 5.32 Å². The number of amides is 2. The van der Waals surface area contributed by atoms with Gasteiger partial charge in [0.05, 0.1) is 17.9 Å². The smallest absolute Gasteiger partial charge is 0.310 e. The maximum atomic E-state index is 12.0. The number of esters is 1. The number of anilines is 1. The van der Waals surface area contributed by atoms with Gasteiger partial charge in [0.15, 0.2) is 6.61 Å². The summed E-state index contributed by atoms with van der Waals surface area (Å²) in [6.07, 6.45) is 0.116. The fourth-order valence-electron chi connectivity index (χ4n) is 2.19. The van der Waals surface area contributed by atoms with Crippen LogP contribution >= 0.6 is 11.8 Å². The van der Waals surface area contributed by atoms with E-state index in [-0.39, 0.29) is 18.8 Å². The number of carbonyl (C=O) groups excluding carboxylic acids is 3. The summed E-state index contributed by atoms with van der Waals surface area (Å²) in [5.41, 5.74) is 7.54. The second-order valence-electron chi connectivity index (χ2n) is 5.56. The average molecular weight is 372 g/mol. The molecule has 0 fully saturated rings. The number of rotatable bonds is 8. The highest BCUT2D eigenvalue weighted by atomic mass is 32.2. The van der Waals surface area contributed by atoms with Gasteiger partial charge in [-0.15, -0.1) is 11.8 Å². The van der Waals surface area contributed by atoms with Crippen molar-refractivity contribution in [1.29, 1.82) is 0 Å². The summed E-state index contributed by atoms with van der Waals surface area (Å²) in [6, 6.07) is 14.5. The molecule has 0 radical (unpaired) electrons. The Hall–Kier alpha value is -2.80. The highest BCUT2D eigenvalue weighted by Crippen LogP contribution is 2.26. The number of para-hydroxylation sites is 1. The first-order chi connectivity index (χ1) is 12.5. The van der Waals surface area contributed by atoms with Crippen molar-refractivity contribution < 1.29 is 19.1 Å². The summed E-state index contributed by atoms with van der Waals surface area (Å²) < 4.78 is 5.04. The molecule has 0 aliphatic rings. The van der Waals surface area contributed by atoms with Crippen LogP contribution in [0.15, 0.2) is 53.4 Å². The van der Waals surface area contributed by atoms with Gasteiger partial charge in [-0.2, -0.15) is 0 Å². The molecule has 26 heavy (non-hydrogen) atoms. The Bertz CT molecular complexity index is 808. The quantitative estimate of drug-likeness (QED) is 0.547. The number of ether oxygens (including phenoxy) is 1. The van der Waals surface area contributed by atoms with Gasteiger partial charge in [-0.1, -0.05) is 36.4 Å². The van der Waals surface area contributed by atoms with E-state index in [4.69, 9.17) is 10.5 Å². The van der Waals surface area contributed by atoms with Crippen molar-refractivity contribution in [2.75, 3.05) is 17.7 Å². The van der Waals surface area contributed by atoms with Gasteiger partial charge in [-0.05, 0) is 30.2 Å². The van der Waals surface area contributed by atoms with Crippen LogP contribution in [0.5, 0.6) is 0 Å². The normalized spacial score (nSPS) is 10.2. The first-order valence-corrected chi connectivity index (χ1v) is 8.94. The van der Waals surface area contributed by atoms with Crippen LogP contribution in [0.4, 0.5) is 5.69 Å². The van der Waals surface area contributed by atoms with Crippen LogP contribution in [0.2, 0.25) is 0 Å². The third-order valence-electron chi connectivity index (χ3n) is 3.49. The molecule has 0 aromatic heterocycles. The van der Waals surface area contributed by atoms with E-state index in [1.165, 1.54) is 11.8 Å². The molecule has 0 heterocycles. The van der Waals surface area contributed by atoms with E-state index in [1.54, 1.807) is 24.3 Å². The molecule has 0 spiro atoms. The van der Waals surface area contributed by atoms with E-state index in [0.29, 0.717) is 10.6 Å². The fourth-order valence-corrected chi connectivity index (χ4v) is 2.94. The molecule has 136 valence electrons. The predicted molar refractivity (Wildman–Crippen MR) is 101 cm³/mol. The Kier molecular flexibility index (Phi) is 7.23. The molecular formula is C19H20N2O4S. The molecule has 7 heteroatoms. The maximum Gasteiger partial charge on any atom is 0.310 e. The second kappa shape index (κ2) is 9.62. The van der Waals surface area contributed by atoms with Crippen LogP contribution in [0.1, 0.15) is 11.1 Å². The molecule has 3 N–H and O–H groups in total. The summed E-state index contributed by atoms with van der Waals surface area (Å²) in [5, 5.41) is 2.68. The molecule has 2 amide bonds. The largest absolute Gasteiger partial charge is 0.455 e. The van der Waals surface area contributed by atoms with Crippen LogP contribution in [-0.2, 0) is 25.5 Å². The van der Waals surface area contributed by atoms with Crippen molar-refractivity contribution in [3.05, 3.63) is 59.7 Å². The van der Waals surface area contributed by atoms with Crippen molar-refractivity contribution in [2.24, 2.45) is 5.73 Å². The zero-order chi connectivity index (χ0) is 18.9. The molecule has 0 saturated carbocycles. The Morgan fingerprint density at radius 1 is 1.08 bits per heavy atom. The van der Waals surface area contributed by atoms with Gasteiger partial charge < -0.3 is 15.8 Å². The van der Waals surface area contributed by atoms with Gasteiger partial charge in [0.1, 0.15) is 0 Å². The first kappa shape index (κ1) is 19.5. The lowest BCUT2D eigenvalue weighted by molar-refractivity contribution is -0.146. The second-order valence-corrected chi connectivity index (χ2v) is 6.58. The third kappa shape index (κ3) is 6.25.